The van der Waals surface area contributed by atoms with Gasteiger partial charge < -0.3 is 9.79 Å². The van der Waals surface area contributed by atoms with E-state index in [0.29, 0.717) is 0 Å². The Labute approximate surface area is 64.9 Å². The third-order valence-corrected chi connectivity index (χ3v) is 0. The number of hydrogen-bond acceptors (Lipinski definition) is 1. The Morgan fingerprint density at radius 3 is 1.50 bits per heavy atom. The van der Waals surface area contributed by atoms with Crippen LogP contribution in [-0.4, -0.2) is 47.5 Å². The summed E-state index contributed by atoms with van der Waals surface area (Å²) in [6.45, 7) is 0. The fourth-order valence-corrected chi connectivity index (χ4v) is 0. The summed E-state index contributed by atoms with van der Waals surface area (Å²) in [5, 5.41) is 0. The van der Waals surface area contributed by atoms with Gasteiger partial charge in [-0.05, 0) is 0 Å². The number of hydrogen-bond donors (Lipinski definition) is 3. The molecule has 34 valence electrons. The van der Waals surface area contributed by atoms with Crippen LogP contribution in [0.2, 0.25) is 0 Å². The Morgan fingerprint density at radius 2 is 1.50 bits per heavy atom. The van der Waals surface area contributed by atoms with Crippen molar-refractivity contribution in [1.82, 2.24) is 0 Å². The summed E-state index contributed by atoms with van der Waals surface area (Å²) >= 11 is 0. The molecule has 0 amide bonds. The summed E-state index contributed by atoms with van der Waals surface area (Å²) in [6.07, 6.45) is 0. The first-order valence-corrected chi connectivity index (χ1v) is 2.52. The van der Waals surface area contributed by atoms with Crippen LogP contribution < -0.4 is 5.50 Å². The van der Waals surface area contributed by atoms with Crippen LogP contribution in [0.15, 0.2) is 0 Å². The smallest absolute Gasteiger partial charge is 0.313 e. The molecule has 2 radical (unpaired) electrons. The quantitative estimate of drug-likeness (QED) is 0.285. The molecule has 0 aromatic heterocycles. The molecular formula is H4CaNO3P. The van der Waals surface area contributed by atoms with Gasteiger partial charge in [0, 0.05) is 37.7 Å². The summed E-state index contributed by atoms with van der Waals surface area (Å²) in [5.74, 6) is 0. The molecule has 0 atom stereocenters. The van der Waals surface area contributed by atoms with Crippen molar-refractivity contribution >= 4 is 45.5 Å². The zero-order chi connectivity index (χ0) is 4.50. The number of rotatable bonds is 0. The van der Waals surface area contributed by atoms with Crippen LogP contribution in [0.25, 0.3) is 0 Å². The molecule has 0 spiro atoms. The van der Waals surface area contributed by atoms with E-state index in [1.165, 1.54) is 0 Å². The molecule has 4 nitrogen and oxygen atoms in total. The molecule has 6 heavy (non-hydrogen) atoms. The Hall–Kier alpha value is 1.37. The largest absolute Gasteiger partial charge is 0.397 e. The molecule has 0 fully saturated rings. The van der Waals surface area contributed by atoms with Crippen LogP contribution in [-0.2, 0) is 4.57 Å². The van der Waals surface area contributed by atoms with Crippen LogP contribution in [0.3, 0.4) is 0 Å². The fourth-order valence-electron chi connectivity index (χ4n) is 0. The van der Waals surface area contributed by atoms with Gasteiger partial charge in [-0.1, -0.05) is 0 Å². The fraction of sp³-hybridized carbons (Fsp3) is 0. The minimum Gasteiger partial charge on any atom is -0.313 e. The first kappa shape index (κ1) is 10.4. The topological polar surface area (TPSA) is 83.6 Å². The van der Waals surface area contributed by atoms with Crippen molar-refractivity contribution in [2.75, 3.05) is 0 Å². The van der Waals surface area contributed by atoms with Crippen molar-refractivity contribution in [1.29, 1.82) is 0 Å². The van der Waals surface area contributed by atoms with Crippen molar-refractivity contribution in [2.45, 2.75) is 0 Å². The van der Waals surface area contributed by atoms with Gasteiger partial charge in [-0.2, -0.15) is 0 Å². The van der Waals surface area contributed by atoms with E-state index < -0.39 is 7.75 Å². The van der Waals surface area contributed by atoms with E-state index in [-0.39, 0.29) is 37.7 Å². The average Bonchev–Trinajstić information content (AvgIpc) is 0.722. The van der Waals surface area contributed by atoms with Crippen molar-refractivity contribution in [3.05, 3.63) is 0 Å². The van der Waals surface area contributed by atoms with Gasteiger partial charge in [-0.3, -0.25) is 0 Å². The Morgan fingerprint density at radius 1 is 1.50 bits per heavy atom. The SMILES string of the molecule is NP(=O)(O)O.[Ca]. The summed E-state index contributed by atoms with van der Waals surface area (Å²) in [6, 6.07) is 0. The maximum atomic E-state index is 9.10. The molecule has 0 aromatic rings. The summed E-state index contributed by atoms with van der Waals surface area (Å²) < 4.78 is 9.10. The molecule has 0 aliphatic heterocycles. The molecule has 0 bridgehead atoms. The second-order valence-electron chi connectivity index (χ2n) is 0.589. The Kier molecular flexibility index (Phi) is 5.84. The zero-order valence-corrected chi connectivity index (χ0v) is 6.14. The molecule has 0 saturated carbocycles. The van der Waals surface area contributed by atoms with Gasteiger partial charge in [-0.25, -0.2) is 10.1 Å². The third-order valence-electron chi connectivity index (χ3n) is 0. The summed E-state index contributed by atoms with van der Waals surface area (Å²) in [4.78, 5) is 14.8. The number of nitrogens with two attached hydrogens (primary N) is 1. The molecule has 0 rings (SSSR count). The zero-order valence-electron chi connectivity index (χ0n) is 3.03. The van der Waals surface area contributed by atoms with Gasteiger partial charge in [0.2, 0.25) is 0 Å². The van der Waals surface area contributed by atoms with Crippen molar-refractivity contribution < 1.29 is 14.4 Å². The first-order valence-electron chi connectivity index (χ1n) is 0.841. The molecule has 0 aliphatic rings. The van der Waals surface area contributed by atoms with E-state index in [9.17, 15) is 0 Å². The van der Waals surface area contributed by atoms with Crippen LogP contribution in [0.5, 0.6) is 0 Å². The third kappa shape index (κ3) is 54.6. The normalized spacial score (nSPS) is 9.83. The summed E-state index contributed by atoms with van der Waals surface area (Å²) in [5.41, 5.74) is 4.02. The second-order valence-corrected chi connectivity index (χ2v) is 1.77. The van der Waals surface area contributed by atoms with Gasteiger partial charge in [0.25, 0.3) is 0 Å². The van der Waals surface area contributed by atoms with Crippen LogP contribution >= 0.6 is 7.75 Å². The van der Waals surface area contributed by atoms with E-state index in [1.807, 2.05) is 0 Å². The van der Waals surface area contributed by atoms with Crippen molar-refractivity contribution in [3.8, 4) is 0 Å². The van der Waals surface area contributed by atoms with Crippen LogP contribution in [0.4, 0.5) is 0 Å². The average molecular weight is 137 g/mol. The van der Waals surface area contributed by atoms with Crippen LogP contribution in [0.1, 0.15) is 0 Å². The molecule has 4 N–H and O–H groups in total. The van der Waals surface area contributed by atoms with Gasteiger partial charge >= 0.3 is 7.75 Å². The molecule has 0 aliphatic carbocycles. The Balaban J connectivity index is 0. The molecular weight excluding hydrogens is 133 g/mol. The maximum absolute atomic E-state index is 9.10. The van der Waals surface area contributed by atoms with E-state index in [4.69, 9.17) is 14.4 Å². The standard InChI is InChI=1S/Ca.H4NO3P/c;1-5(2,3)4/h;(H4,1,2,3,4). The van der Waals surface area contributed by atoms with Gasteiger partial charge in [0.1, 0.15) is 0 Å². The summed E-state index contributed by atoms with van der Waals surface area (Å²) in [7, 11) is -4.14. The van der Waals surface area contributed by atoms with E-state index in [1.54, 1.807) is 0 Å². The minimum atomic E-state index is -4.14. The predicted molar refractivity (Wildman–Crippen MR) is 22.0 cm³/mol. The first-order chi connectivity index (χ1) is 2.00. The van der Waals surface area contributed by atoms with Gasteiger partial charge in [0.05, 0.1) is 0 Å². The van der Waals surface area contributed by atoms with E-state index >= 15 is 0 Å². The Bertz CT molecular complexity index is 56.9. The van der Waals surface area contributed by atoms with Crippen molar-refractivity contribution in [2.24, 2.45) is 5.50 Å². The molecule has 0 unspecified atom stereocenters. The predicted octanol–water partition coefficient (Wildman–Crippen LogP) is -1.34. The van der Waals surface area contributed by atoms with E-state index in [0.717, 1.165) is 0 Å². The van der Waals surface area contributed by atoms with Crippen LogP contribution in [0, 0.1) is 0 Å². The second kappa shape index (κ2) is 3.38. The maximum Gasteiger partial charge on any atom is 0.397 e. The molecule has 0 heterocycles. The molecule has 6 heteroatoms. The molecule has 0 saturated heterocycles. The van der Waals surface area contributed by atoms with Crippen molar-refractivity contribution in [3.63, 3.8) is 0 Å². The van der Waals surface area contributed by atoms with Gasteiger partial charge in [0.15, 0.2) is 0 Å². The van der Waals surface area contributed by atoms with E-state index in [2.05, 4.69) is 5.50 Å². The molecule has 0 aromatic carbocycles. The minimum absolute atomic E-state index is 0. The monoisotopic (exact) mass is 137 g/mol. The van der Waals surface area contributed by atoms with Gasteiger partial charge in [-0.15, -0.1) is 0 Å².